The fourth-order valence-corrected chi connectivity index (χ4v) is 4.56. The molecular formula is C27H22F3N3O2S. The van der Waals surface area contributed by atoms with Crippen molar-refractivity contribution in [2.75, 3.05) is 5.32 Å². The van der Waals surface area contributed by atoms with E-state index in [4.69, 9.17) is 0 Å². The molecule has 0 aliphatic rings. The number of halogens is 3. The molecule has 1 unspecified atom stereocenters. The van der Waals surface area contributed by atoms with Crippen LogP contribution in [0.25, 0.3) is 20.8 Å². The van der Waals surface area contributed by atoms with Crippen molar-refractivity contribution < 1.29 is 22.8 Å². The van der Waals surface area contributed by atoms with Gasteiger partial charge in [0.25, 0.3) is 5.78 Å². The number of ketones is 1. The molecule has 2 N–H and O–H groups in total. The molecule has 0 aliphatic heterocycles. The summed E-state index contributed by atoms with van der Waals surface area (Å²) in [5, 5.41) is 6.27. The van der Waals surface area contributed by atoms with E-state index in [1.165, 1.54) is 0 Å². The SMILES string of the molecule is Cc1ccc2nc(-c3ccc(NC(=O)C(Cc4ccccc4)N/C=C/C(=O)C(F)(F)F)cc3)sc2c1. The standard InChI is InChI=1S/C27H22F3N3O2S/c1-17-7-12-21-23(15-17)36-26(33-21)19-8-10-20(11-9-19)32-25(35)22(16-18-5-3-2-4-6-18)31-14-13-24(34)27(28,29)30/h2-15,22,31H,16H2,1H3,(H,32,35)/b14-13+. The number of carbonyl (C=O) groups excluding carboxylic acids is 2. The number of nitrogens with one attached hydrogen (secondary N) is 2. The number of aryl methyl sites for hydroxylation is 1. The van der Waals surface area contributed by atoms with Crippen LogP contribution in [0.3, 0.4) is 0 Å². The number of thiazole rings is 1. The molecule has 4 aromatic rings. The van der Waals surface area contributed by atoms with E-state index in [-0.39, 0.29) is 6.42 Å². The van der Waals surface area contributed by atoms with E-state index in [0.717, 1.165) is 38.1 Å². The minimum Gasteiger partial charge on any atom is -0.379 e. The number of benzene rings is 3. The Balaban J connectivity index is 1.47. The smallest absolute Gasteiger partial charge is 0.379 e. The molecule has 1 amide bonds. The number of nitrogens with zero attached hydrogens (tertiary/aromatic N) is 1. The molecule has 1 aromatic heterocycles. The molecule has 36 heavy (non-hydrogen) atoms. The van der Waals surface area contributed by atoms with Crippen LogP contribution in [0.1, 0.15) is 11.1 Å². The van der Waals surface area contributed by atoms with Gasteiger partial charge in [0.1, 0.15) is 11.0 Å². The highest BCUT2D eigenvalue weighted by atomic mass is 32.1. The van der Waals surface area contributed by atoms with Crippen LogP contribution in [0.15, 0.2) is 85.1 Å². The maximum absolute atomic E-state index is 13.0. The van der Waals surface area contributed by atoms with Crippen LogP contribution in [-0.4, -0.2) is 28.9 Å². The fourth-order valence-electron chi connectivity index (χ4n) is 3.49. The number of rotatable bonds is 8. The average Bonchev–Trinajstić information content (AvgIpc) is 3.27. The first kappa shape index (κ1) is 25.1. The zero-order valence-electron chi connectivity index (χ0n) is 19.2. The highest BCUT2D eigenvalue weighted by molar-refractivity contribution is 7.21. The van der Waals surface area contributed by atoms with Crippen LogP contribution in [0.5, 0.6) is 0 Å². The number of alkyl halides is 3. The molecule has 5 nitrogen and oxygen atoms in total. The maximum atomic E-state index is 13.0. The third kappa shape index (κ3) is 6.37. The van der Waals surface area contributed by atoms with E-state index in [9.17, 15) is 22.8 Å². The van der Waals surface area contributed by atoms with Crippen LogP contribution in [0.2, 0.25) is 0 Å². The Morgan fingerprint density at radius 2 is 1.75 bits per heavy atom. The Morgan fingerprint density at radius 3 is 2.44 bits per heavy atom. The molecule has 0 saturated carbocycles. The number of hydrogen-bond acceptors (Lipinski definition) is 5. The lowest BCUT2D eigenvalue weighted by molar-refractivity contribution is -0.165. The highest BCUT2D eigenvalue weighted by Crippen LogP contribution is 2.31. The van der Waals surface area contributed by atoms with Crippen LogP contribution < -0.4 is 10.6 Å². The van der Waals surface area contributed by atoms with E-state index in [0.29, 0.717) is 11.8 Å². The van der Waals surface area contributed by atoms with Gasteiger partial charge in [-0.15, -0.1) is 11.3 Å². The lowest BCUT2D eigenvalue weighted by Crippen LogP contribution is -2.39. The number of hydrogen-bond donors (Lipinski definition) is 2. The molecule has 0 fully saturated rings. The summed E-state index contributed by atoms with van der Waals surface area (Å²) in [6.07, 6.45) is -3.53. The molecule has 0 spiro atoms. The summed E-state index contributed by atoms with van der Waals surface area (Å²) in [7, 11) is 0. The molecule has 0 saturated heterocycles. The summed E-state index contributed by atoms with van der Waals surface area (Å²) in [6.45, 7) is 2.03. The minimum atomic E-state index is -4.97. The molecule has 1 heterocycles. The van der Waals surface area contributed by atoms with Crippen molar-refractivity contribution in [1.82, 2.24) is 10.3 Å². The lowest BCUT2D eigenvalue weighted by Gasteiger charge is -2.17. The zero-order chi connectivity index (χ0) is 25.7. The number of aromatic nitrogens is 1. The monoisotopic (exact) mass is 509 g/mol. The second-order valence-corrected chi connectivity index (χ2v) is 9.19. The first-order valence-corrected chi connectivity index (χ1v) is 11.9. The fraction of sp³-hybridized carbons (Fsp3) is 0.148. The molecular weight excluding hydrogens is 487 g/mol. The third-order valence-electron chi connectivity index (χ3n) is 5.35. The van der Waals surface area contributed by atoms with E-state index in [2.05, 4.69) is 21.7 Å². The number of carbonyl (C=O) groups is 2. The first-order valence-electron chi connectivity index (χ1n) is 11.1. The van der Waals surface area contributed by atoms with Gasteiger partial charge in [0, 0.05) is 29.9 Å². The first-order chi connectivity index (χ1) is 17.2. The maximum Gasteiger partial charge on any atom is 0.454 e. The Kier molecular flexibility index (Phi) is 7.49. The second kappa shape index (κ2) is 10.7. The van der Waals surface area contributed by atoms with Crippen LogP contribution in [0, 0.1) is 6.92 Å². The molecule has 3 aromatic carbocycles. The number of amides is 1. The normalized spacial score (nSPS) is 12.6. The van der Waals surface area contributed by atoms with Crippen LogP contribution in [-0.2, 0) is 16.0 Å². The summed E-state index contributed by atoms with van der Waals surface area (Å²) in [4.78, 5) is 28.8. The van der Waals surface area contributed by atoms with E-state index >= 15 is 0 Å². The Labute approximate surface area is 209 Å². The van der Waals surface area contributed by atoms with E-state index in [1.807, 2.05) is 37.3 Å². The van der Waals surface area contributed by atoms with Gasteiger partial charge >= 0.3 is 6.18 Å². The van der Waals surface area contributed by atoms with Gasteiger partial charge in [0.2, 0.25) is 5.91 Å². The number of fused-ring (bicyclic) bond motifs is 1. The van der Waals surface area contributed by atoms with Gasteiger partial charge in [-0.3, -0.25) is 9.59 Å². The Morgan fingerprint density at radius 1 is 1.03 bits per heavy atom. The largest absolute Gasteiger partial charge is 0.454 e. The van der Waals surface area contributed by atoms with Gasteiger partial charge in [-0.25, -0.2) is 4.98 Å². The Bertz CT molecular complexity index is 1400. The summed E-state index contributed by atoms with van der Waals surface area (Å²) in [6, 6.07) is 21.4. The van der Waals surface area contributed by atoms with Gasteiger partial charge in [-0.1, -0.05) is 36.4 Å². The third-order valence-corrected chi connectivity index (χ3v) is 6.42. The summed E-state index contributed by atoms with van der Waals surface area (Å²) in [5.41, 5.74) is 4.31. The van der Waals surface area contributed by atoms with E-state index in [1.54, 1.807) is 47.7 Å². The van der Waals surface area contributed by atoms with Crippen molar-refractivity contribution >= 4 is 38.9 Å². The molecule has 9 heteroatoms. The number of anilines is 1. The van der Waals surface area contributed by atoms with Gasteiger partial charge in [0.05, 0.1) is 10.2 Å². The summed E-state index contributed by atoms with van der Waals surface area (Å²) < 4.78 is 38.6. The zero-order valence-corrected chi connectivity index (χ0v) is 20.0. The van der Waals surface area contributed by atoms with Crippen molar-refractivity contribution in [3.8, 4) is 10.6 Å². The Hall–Kier alpha value is -3.98. The van der Waals surface area contributed by atoms with Gasteiger partial charge in [-0.2, -0.15) is 13.2 Å². The molecule has 1 atom stereocenters. The molecule has 0 bridgehead atoms. The van der Waals surface area contributed by atoms with Gasteiger partial charge in [-0.05, 0) is 54.4 Å². The molecule has 4 rings (SSSR count). The predicted molar refractivity (Wildman–Crippen MR) is 136 cm³/mol. The van der Waals surface area contributed by atoms with Crippen molar-refractivity contribution in [2.45, 2.75) is 25.6 Å². The summed E-state index contributed by atoms with van der Waals surface area (Å²) in [5.74, 6) is -2.46. The van der Waals surface area contributed by atoms with Crippen molar-refractivity contribution in [2.24, 2.45) is 0 Å². The topological polar surface area (TPSA) is 71.1 Å². The van der Waals surface area contributed by atoms with Crippen molar-refractivity contribution in [3.63, 3.8) is 0 Å². The van der Waals surface area contributed by atoms with Crippen LogP contribution in [0.4, 0.5) is 18.9 Å². The molecule has 0 aliphatic carbocycles. The quantitative estimate of drug-likeness (QED) is 0.284. The van der Waals surface area contributed by atoms with E-state index < -0.39 is 23.9 Å². The lowest BCUT2D eigenvalue weighted by atomic mass is 10.1. The minimum absolute atomic E-state index is 0.209. The van der Waals surface area contributed by atoms with Gasteiger partial charge < -0.3 is 10.6 Å². The molecule has 184 valence electrons. The van der Waals surface area contributed by atoms with Gasteiger partial charge in [0.15, 0.2) is 0 Å². The number of allylic oxidation sites excluding steroid dienone is 1. The average molecular weight is 510 g/mol. The van der Waals surface area contributed by atoms with Crippen LogP contribution >= 0.6 is 11.3 Å². The highest BCUT2D eigenvalue weighted by Gasteiger charge is 2.36. The predicted octanol–water partition coefficient (Wildman–Crippen LogP) is 6.06. The molecule has 0 radical (unpaired) electrons. The van der Waals surface area contributed by atoms with Crippen molar-refractivity contribution in [3.05, 3.63) is 96.2 Å². The second-order valence-electron chi connectivity index (χ2n) is 8.16. The van der Waals surface area contributed by atoms with Crippen molar-refractivity contribution in [1.29, 1.82) is 0 Å². The summed E-state index contributed by atoms with van der Waals surface area (Å²) >= 11 is 1.58.